The van der Waals surface area contributed by atoms with Gasteiger partial charge in [0, 0.05) is 5.56 Å². The summed E-state index contributed by atoms with van der Waals surface area (Å²) in [5.41, 5.74) is -1.12. The zero-order valence-corrected chi connectivity index (χ0v) is 19.2. The van der Waals surface area contributed by atoms with Gasteiger partial charge in [-0.25, -0.2) is 14.6 Å². The molecule has 1 aliphatic rings. The van der Waals surface area contributed by atoms with E-state index in [-0.39, 0.29) is 22.4 Å². The number of hydrogen-bond acceptors (Lipinski definition) is 6. The van der Waals surface area contributed by atoms with E-state index in [1.54, 1.807) is 0 Å². The second-order valence-electron chi connectivity index (χ2n) is 7.95. The van der Waals surface area contributed by atoms with Crippen LogP contribution in [0, 0.1) is 0 Å². The van der Waals surface area contributed by atoms with Crippen molar-refractivity contribution < 1.29 is 23.8 Å². The predicted molar refractivity (Wildman–Crippen MR) is 119 cm³/mol. The minimum absolute atomic E-state index is 0.0214. The van der Waals surface area contributed by atoms with Gasteiger partial charge in [-0.1, -0.05) is 52.3 Å². The van der Waals surface area contributed by atoms with Crippen molar-refractivity contribution in [2.45, 2.75) is 31.9 Å². The van der Waals surface area contributed by atoms with Gasteiger partial charge < -0.3 is 14.2 Å². The van der Waals surface area contributed by atoms with Crippen LogP contribution >= 0.6 is 15.9 Å². The molecule has 158 valence electrons. The molecule has 0 fully saturated rings. The van der Waals surface area contributed by atoms with Gasteiger partial charge in [0.25, 0.3) is 0 Å². The highest BCUT2D eigenvalue weighted by molar-refractivity contribution is 9.09. The number of benzene rings is 2. The quantitative estimate of drug-likeness (QED) is 0.488. The summed E-state index contributed by atoms with van der Waals surface area (Å²) in [5, 5.41) is 2.22. The van der Waals surface area contributed by atoms with E-state index in [0.29, 0.717) is 5.56 Å². The minimum atomic E-state index is -1.30. The molecule has 1 heterocycles. The molecule has 1 unspecified atom stereocenters. The largest absolute Gasteiger partial charge is 0.466 e. The molecule has 2 aromatic rings. The highest BCUT2D eigenvalue weighted by Gasteiger charge is 2.53. The van der Waals surface area contributed by atoms with E-state index >= 15 is 0 Å². The Balaban J connectivity index is 2.35. The second kappa shape index (κ2) is 8.22. The van der Waals surface area contributed by atoms with Gasteiger partial charge in [0.2, 0.25) is 5.90 Å². The van der Waals surface area contributed by atoms with Crippen molar-refractivity contribution in [1.82, 2.24) is 0 Å². The summed E-state index contributed by atoms with van der Waals surface area (Å²) < 4.78 is 16.3. The molecule has 0 N–H and O–H groups in total. The SMILES string of the molecule is COC(=O)C1=C(C(=O)OC)C(CBr)(c2ccc3ccccc3c2)OC1=NC(C)(C)C. The molecule has 1 atom stereocenters. The third kappa shape index (κ3) is 3.86. The molecule has 6 nitrogen and oxygen atoms in total. The van der Waals surface area contributed by atoms with Crippen LogP contribution in [0.25, 0.3) is 10.8 Å². The molecule has 7 heteroatoms. The van der Waals surface area contributed by atoms with Gasteiger partial charge in [0.05, 0.1) is 25.1 Å². The number of nitrogens with zero attached hydrogens (tertiary/aromatic N) is 1. The van der Waals surface area contributed by atoms with Crippen molar-refractivity contribution in [3.05, 3.63) is 59.2 Å². The Hall–Kier alpha value is -2.67. The van der Waals surface area contributed by atoms with Gasteiger partial charge in [-0.2, -0.15) is 0 Å². The molecule has 0 spiro atoms. The van der Waals surface area contributed by atoms with Crippen LogP contribution in [0.2, 0.25) is 0 Å². The first kappa shape index (κ1) is 22.0. The van der Waals surface area contributed by atoms with Crippen LogP contribution in [0.3, 0.4) is 0 Å². The van der Waals surface area contributed by atoms with Gasteiger partial charge >= 0.3 is 11.9 Å². The van der Waals surface area contributed by atoms with Crippen molar-refractivity contribution in [3.8, 4) is 0 Å². The zero-order chi connectivity index (χ0) is 22.1. The monoisotopic (exact) mass is 473 g/mol. The number of ether oxygens (including phenoxy) is 3. The van der Waals surface area contributed by atoms with Gasteiger partial charge in [-0.05, 0) is 37.6 Å². The van der Waals surface area contributed by atoms with Gasteiger partial charge in [0.15, 0.2) is 5.60 Å². The van der Waals surface area contributed by atoms with Gasteiger partial charge in [-0.3, -0.25) is 0 Å². The second-order valence-corrected chi connectivity index (χ2v) is 8.51. The summed E-state index contributed by atoms with van der Waals surface area (Å²) in [6.07, 6.45) is 0. The lowest BCUT2D eigenvalue weighted by atomic mass is 9.85. The Morgan fingerprint density at radius 3 is 2.23 bits per heavy atom. The van der Waals surface area contributed by atoms with E-state index in [0.717, 1.165) is 10.8 Å². The van der Waals surface area contributed by atoms with Crippen molar-refractivity contribution in [2.75, 3.05) is 19.5 Å². The van der Waals surface area contributed by atoms with Crippen LogP contribution < -0.4 is 0 Å². The first-order chi connectivity index (χ1) is 14.2. The van der Waals surface area contributed by atoms with Crippen molar-refractivity contribution in [1.29, 1.82) is 0 Å². The van der Waals surface area contributed by atoms with Crippen LogP contribution in [0.4, 0.5) is 0 Å². The van der Waals surface area contributed by atoms with Crippen molar-refractivity contribution in [2.24, 2.45) is 4.99 Å². The average molecular weight is 474 g/mol. The maximum atomic E-state index is 12.9. The number of alkyl halides is 1. The van der Waals surface area contributed by atoms with Gasteiger partial charge in [-0.15, -0.1) is 0 Å². The van der Waals surface area contributed by atoms with E-state index in [9.17, 15) is 9.59 Å². The molecular formula is C23H24BrNO5. The maximum Gasteiger partial charge on any atom is 0.344 e. The summed E-state index contributed by atoms with van der Waals surface area (Å²) >= 11 is 3.50. The molecule has 0 aromatic heterocycles. The number of methoxy groups -OCH3 is 2. The van der Waals surface area contributed by atoms with Crippen LogP contribution in [0.5, 0.6) is 0 Å². The summed E-state index contributed by atoms with van der Waals surface area (Å²) in [4.78, 5) is 30.2. The fourth-order valence-corrected chi connectivity index (χ4v) is 4.15. The fourth-order valence-electron chi connectivity index (χ4n) is 3.43. The molecule has 0 saturated carbocycles. The topological polar surface area (TPSA) is 74.2 Å². The highest BCUT2D eigenvalue weighted by Crippen LogP contribution is 2.45. The molecule has 0 radical (unpaired) electrons. The molecule has 2 aromatic carbocycles. The number of esters is 2. The third-order valence-corrected chi connectivity index (χ3v) is 5.55. The van der Waals surface area contributed by atoms with Crippen LogP contribution in [0.15, 0.2) is 58.6 Å². The van der Waals surface area contributed by atoms with E-state index in [1.165, 1.54) is 14.2 Å². The van der Waals surface area contributed by atoms with Crippen LogP contribution in [0.1, 0.15) is 26.3 Å². The number of carbonyl (C=O) groups excluding carboxylic acids is 2. The number of fused-ring (bicyclic) bond motifs is 1. The van der Waals surface area contributed by atoms with Crippen LogP contribution in [-0.2, 0) is 29.4 Å². The fraction of sp³-hybridized carbons (Fsp3) is 0.348. The maximum absolute atomic E-state index is 12.9. The van der Waals surface area contributed by atoms with E-state index in [4.69, 9.17) is 14.2 Å². The summed E-state index contributed by atoms with van der Waals surface area (Å²) in [6, 6.07) is 13.6. The number of rotatable bonds is 4. The lowest BCUT2D eigenvalue weighted by molar-refractivity contribution is -0.139. The molecule has 1 aliphatic heterocycles. The summed E-state index contributed by atoms with van der Waals surface area (Å²) in [7, 11) is 2.52. The minimum Gasteiger partial charge on any atom is -0.466 e. The van der Waals surface area contributed by atoms with E-state index in [2.05, 4.69) is 20.9 Å². The Morgan fingerprint density at radius 1 is 1.03 bits per heavy atom. The molecule has 30 heavy (non-hydrogen) atoms. The van der Waals surface area contributed by atoms with E-state index < -0.39 is 23.1 Å². The summed E-state index contributed by atoms with van der Waals surface area (Å²) in [5.74, 6) is -1.33. The number of hydrogen-bond donors (Lipinski definition) is 0. The number of carbonyl (C=O) groups is 2. The van der Waals surface area contributed by atoms with Crippen molar-refractivity contribution in [3.63, 3.8) is 0 Å². The number of halogens is 1. The molecular weight excluding hydrogens is 450 g/mol. The first-order valence-electron chi connectivity index (χ1n) is 9.42. The number of aliphatic imine (C=N–C) groups is 1. The predicted octanol–water partition coefficient (Wildman–Crippen LogP) is 4.30. The molecule has 0 amide bonds. The highest BCUT2D eigenvalue weighted by atomic mass is 79.9. The van der Waals surface area contributed by atoms with Crippen LogP contribution in [-0.4, -0.2) is 42.9 Å². The molecule has 3 rings (SSSR count). The molecule has 0 saturated heterocycles. The third-order valence-electron chi connectivity index (χ3n) is 4.76. The lowest BCUT2D eigenvalue weighted by Gasteiger charge is -2.29. The normalized spacial score (nSPS) is 20.4. The zero-order valence-electron chi connectivity index (χ0n) is 17.6. The molecule has 0 aliphatic carbocycles. The van der Waals surface area contributed by atoms with Crippen molar-refractivity contribution >= 4 is 44.5 Å². The van der Waals surface area contributed by atoms with E-state index in [1.807, 2.05) is 63.2 Å². The Kier molecular flexibility index (Phi) is 6.04. The Morgan fingerprint density at radius 2 is 1.67 bits per heavy atom. The molecule has 0 bridgehead atoms. The Labute approximate surface area is 184 Å². The van der Waals surface area contributed by atoms with Gasteiger partial charge in [0.1, 0.15) is 11.1 Å². The first-order valence-corrected chi connectivity index (χ1v) is 10.5. The summed E-state index contributed by atoms with van der Waals surface area (Å²) in [6.45, 7) is 5.63. The standard InChI is InChI=1S/C23H24BrNO5/c1-22(2,3)25-19-17(20(26)28-4)18(21(27)29-5)23(13-24,30-19)16-11-10-14-8-6-7-9-15(14)12-16/h6-12H,13H2,1-5H3. The smallest absolute Gasteiger partial charge is 0.344 e. The average Bonchev–Trinajstić information content (AvgIpc) is 3.05. The lowest BCUT2D eigenvalue weighted by Crippen LogP contribution is -2.35. The Bertz CT molecular complexity index is 1070.